The van der Waals surface area contributed by atoms with Gasteiger partial charge in [-0.25, -0.2) is 4.79 Å². The standard InChI is InChI=1S/C15H20F3NO3/c1-2-3-8-13(22-14(19)21)11(9-20)10-6-4-5-7-12(10)15(16,17)18/h4-7,11,13,20H,2-3,8-9H2,1H3,(H2,19,21). The number of aliphatic hydroxyl groups excluding tert-OH is 1. The summed E-state index contributed by atoms with van der Waals surface area (Å²) in [5.74, 6) is -0.975. The molecule has 1 amide bonds. The van der Waals surface area contributed by atoms with Gasteiger partial charge in [-0.3, -0.25) is 0 Å². The molecule has 0 aromatic heterocycles. The first kappa shape index (κ1) is 18.3. The third-order valence-corrected chi connectivity index (χ3v) is 3.42. The zero-order chi connectivity index (χ0) is 16.8. The molecule has 0 bridgehead atoms. The van der Waals surface area contributed by atoms with E-state index in [0.29, 0.717) is 12.8 Å². The molecule has 1 aromatic rings. The second-order valence-corrected chi connectivity index (χ2v) is 4.99. The smallest absolute Gasteiger partial charge is 0.416 e. The Morgan fingerprint density at radius 3 is 2.50 bits per heavy atom. The number of hydrogen-bond donors (Lipinski definition) is 2. The van der Waals surface area contributed by atoms with Crippen molar-refractivity contribution in [3.05, 3.63) is 35.4 Å². The van der Waals surface area contributed by atoms with Gasteiger partial charge >= 0.3 is 12.3 Å². The third kappa shape index (κ3) is 4.91. The van der Waals surface area contributed by atoms with Crippen LogP contribution < -0.4 is 5.73 Å². The number of nitrogens with two attached hydrogens (primary N) is 1. The lowest BCUT2D eigenvalue weighted by molar-refractivity contribution is -0.138. The maximum Gasteiger partial charge on any atom is 0.416 e. The van der Waals surface area contributed by atoms with Gasteiger partial charge in [0.05, 0.1) is 12.2 Å². The van der Waals surface area contributed by atoms with Crippen LogP contribution in [0.15, 0.2) is 24.3 Å². The van der Waals surface area contributed by atoms with Crippen LogP contribution >= 0.6 is 0 Å². The summed E-state index contributed by atoms with van der Waals surface area (Å²) in [7, 11) is 0. The van der Waals surface area contributed by atoms with Crippen molar-refractivity contribution in [2.24, 2.45) is 5.73 Å². The molecule has 0 spiro atoms. The number of amides is 1. The normalized spacial score (nSPS) is 14.4. The molecule has 0 aliphatic heterocycles. The Morgan fingerprint density at radius 2 is 2.00 bits per heavy atom. The minimum Gasteiger partial charge on any atom is -0.446 e. The Hall–Kier alpha value is -1.76. The first-order chi connectivity index (χ1) is 10.3. The number of carbonyl (C=O) groups excluding carboxylic acids is 1. The van der Waals surface area contributed by atoms with Crippen molar-refractivity contribution in [2.75, 3.05) is 6.61 Å². The van der Waals surface area contributed by atoms with Crippen LogP contribution in [-0.4, -0.2) is 23.9 Å². The third-order valence-electron chi connectivity index (χ3n) is 3.42. The van der Waals surface area contributed by atoms with E-state index in [1.165, 1.54) is 18.2 Å². The molecule has 0 aliphatic rings. The Balaban J connectivity index is 3.19. The molecule has 0 saturated heterocycles. The van der Waals surface area contributed by atoms with Gasteiger partial charge in [0.1, 0.15) is 6.10 Å². The molecule has 0 saturated carbocycles. The van der Waals surface area contributed by atoms with Crippen LogP contribution in [0.1, 0.15) is 43.2 Å². The number of halogens is 3. The van der Waals surface area contributed by atoms with Crippen molar-refractivity contribution in [2.45, 2.75) is 44.4 Å². The predicted octanol–water partition coefficient (Wildman–Crippen LogP) is 3.44. The van der Waals surface area contributed by atoms with Gasteiger partial charge < -0.3 is 15.6 Å². The highest BCUT2D eigenvalue weighted by Gasteiger charge is 2.37. The van der Waals surface area contributed by atoms with Crippen LogP contribution in [0.2, 0.25) is 0 Å². The van der Waals surface area contributed by atoms with Crippen molar-refractivity contribution in [1.29, 1.82) is 0 Å². The monoisotopic (exact) mass is 319 g/mol. The molecule has 4 nitrogen and oxygen atoms in total. The molecule has 0 aliphatic carbocycles. The van der Waals surface area contributed by atoms with Crippen molar-refractivity contribution >= 4 is 6.09 Å². The topological polar surface area (TPSA) is 72.5 Å². The summed E-state index contributed by atoms with van der Waals surface area (Å²) in [6, 6.07) is 4.96. The number of primary amides is 1. The number of aliphatic hydroxyl groups is 1. The summed E-state index contributed by atoms with van der Waals surface area (Å²) in [4.78, 5) is 11.0. The average Bonchev–Trinajstić information content (AvgIpc) is 2.44. The molecule has 7 heteroatoms. The van der Waals surface area contributed by atoms with Gasteiger partial charge in [-0.15, -0.1) is 0 Å². The number of rotatable bonds is 7. The Kier molecular flexibility index (Phi) is 6.67. The highest BCUT2D eigenvalue weighted by molar-refractivity contribution is 5.65. The molecule has 124 valence electrons. The summed E-state index contributed by atoms with van der Waals surface area (Å²) >= 11 is 0. The van der Waals surface area contributed by atoms with Crippen molar-refractivity contribution < 1.29 is 27.8 Å². The maximum absolute atomic E-state index is 13.1. The first-order valence-electron chi connectivity index (χ1n) is 7.04. The second-order valence-electron chi connectivity index (χ2n) is 4.99. The minimum atomic E-state index is -4.55. The van der Waals surface area contributed by atoms with Crippen molar-refractivity contribution in [3.8, 4) is 0 Å². The van der Waals surface area contributed by atoms with E-state index < -0.39 is 36.5 Å². The van der Waals surface area contributed by atoms with E-state index in [1.54, 1.807) is 0 Å². The van der Waals surface area contributed by atoms with Crippen molar-refractivity contribution in [3.63, 3.8) is 0 Å². The van der Waals surface area contributed by atoms with Gasteiger partial charge in [0.15, 0.2) is 0 Å². The fourth-order valence-corrected chi connectivity index (χ4v) is 2.39. The van der Waals surface area contributed by atoms with Gasteiger partial charge in [-0.2, -0.15) is 13.2 Å². The molecule has 1 rings (SSSR count). The van der Waals surface area contributed by atoms with E-state index in [1.807, 2.05) is 6.92 Å². The average molecular weight is 319 g/mol. The maximum atomic E-state index is 13.1. The van der Waals surface area contributed by atoms with E-state index in [2.05, 4.69) is 0 Å². The molecule has 22 heavy (non-hydrogen) atoms. The molecular weight excluding hydrogens is 299 g/mol. The molecule has 3 N–H and O–H groups in total. The van der Waals surface area contributed by atoms with Gasteiger partial charge in [-0.05, 0) is 18.1 Å². The zero-order valence-electron chi connectivity index (χ0n) is 12.3. The van der Waals surface area contributed by atoms with Crippen LogP contribution in [0.25, 0.3) is 0 Å². The van der Waals surface area contributed by atoms with Crippen LogP contribution in [0.5, 0.6) is 0 Å². The largest absolute Gasteiger partial charge is 0.446 e. The number of ether oxygens (including phenoxy) is 1. The van der Waals surface area contributed by atoms with Gasteiger partial charge in [0, 0.05) is 5.92 Å². The first-order valence-corrected chi connectivity index (χ1v) is 7.04. The van der Waals surface area contributed by atoms with E-state index in [-0.39, 0.29) is 5.56 Å². The summed E-state index contributed by atoms with van der Waals surface area (Å²) < 4.78 is 44.3. The fraction of sp³-hybridized carbons (Fsp3) is 0.533. The Bertz CT molecular complexity index is 491. The molecule has 0 radical (unpaired) electrons. The number of unbranched alkanes of at least 4 members (excludes halogenated alkanes) is 1. The van der Waals surface area contributed by atoms with Gasteiger partial charge in [0.25, 0.3) is 0 Å². The van der Waals surface area contributed by atoms with Crippen molar-refractivity contribution in [1.82, 2.24) is 0 Å². The number of alkyl halides is 3. The highest BCUT2D eigenvalue weighted by Crippen LogP contribution is 2.37. The lowest BCUT2D eigenvalue weighted by Gasteiger charge is -2.27. The SMILES string of the molecule is CCCCC(OC(N)=O)C(CO)c1ccccc1C(F)(F)F. The molecular formula is C15H20F3NO3. The highest BCUT2D eigenvalue weighted by atomic mass is 19.4. The minimum absolute atomic E-state index is 0.0974. The van der Waals surface area contributed by atoms with Crippen LogP contribution in [0.4, 0.5) is 18.0 Å². The predicted molar refractivity (Wildman–Crippen MR) is 75.3 cm³/mol. The number of benzene rings is 1. The fourth-order valence-electron chi connectivity index (χ4n) is 2.39. The van der Waals surface area contributed by atoms with Gasteiger partial charge in [-0.1, -0.05) is 38.0 Å². The number of hydrogen-bond acceptors (Lipinski definition) is 3. The Morgan fingerprint density at radius 1 is 1.36 bits per heavy atom. The summed E-state index contributed by atoms with van der Waals surface area (Å²) in [5.41, 5.74) is 4.05. The number of carbonyl (C=O) groups is 1. The lowest BCUT2D eigenvalue weighted by atomic mass is 9.87. The second kappa shape index (κ2) is 8.03. The molecule has 2 unspecified atom stereocenters. The summed E-state index contributed by atoms with van der Waals surface area (Å²) in [6.45, 7) is 1.33. The van der Waals surface area contributed by atoms with E-state index in [0.717, 1.165) is 12.5 Å². The van der Waals surface area contributed by atoms with Crippen LogP contribution in [-0.2, 0) is 10.9 Å². The summed E-state index contributed by atoms with van der Waals surface area (Å²) in [5, 5.41) is 9.55. The zero-order valence-corrected chi connectivity index (χ0v) is 12.3. The van der Waals surface area contributed by atoms with E-state index in [9.17, 15) is 23.1 Å². The molecule has 1 aromatic carbocycles. The summed E-state index contributed by atoms with van der Waals surface area (Å²) in [6.07, 6.45) is -4.77. The Labute approximate surface area is 127 Å². The van der Waals surface area contributed by atoms with E-state index in [4.69, 9.17) is 10.5 Å². The molecule has 2 atom stereocenters. The van der Waals surface area contributed by atoms with Gasteiger partial charge in [0.2, 0.25) is 0 Å². The quantitative estimate of drug-likeness (QED) is 0.808. The molecule has 0 fully saturated rings. The lowest BCUT2D eigenvalue weighted by Crippen LogP contribution is -2.31. The molecule has 0 heterocycles. The van der Waals surface area contributed by atoms with E-state index >= 15 is 0 Å². The van der Waals surface area contributed by atoms with Crippen LogP contribution in [0, 0.1) is 0 Å². The van der Waals surface area contributed by atoms with Crippen LogP contribution in [0.3, 0.4) is 0 Å².